The molecule has 1 N–H and O–H groups in total. The van der Waals surface area contributed by atoms with Crippen LogP contribution in [0.4, 0.5) is 5.69 Å². The van der Waals surface area contributed by atoms with Crippen LogP contribution in [0.25, 0.3) is 16.7 Å². The normalized spacial score (nSPS) is 15.3. The SMILES string of the molecule is CCOC(C)N1CCN(c2cccc(-n3cnc4cc(C(=O)OCC(=O)NC)ccc43)c2)CC1. The number of benzene rings is 2. The minimum absolute atomic E-state index is 0.141. The molecule has 9 heteroatoms. The lowest BCUT2D eigenvalue weighted by Crippen LogP contribution is -2.50. The number of hydrogen-bond acceptors (Lipinski definition) is 7. The Bertz CT molecular complexity index is 1150. The molecule has 0 radical (unpaired) electrons. The van der Waals surface area contributed by atoms with E-state index in [0.717, 1.165) is 49.7 Å². The predicted octanol–water partition coefficient (Wildman–Crippen LogP) is 2.43. The van der Waals surface area contributed by atoms with Crippen molar-refractivity contribution in [1.82, 2.24) is 19.8 Å². The Morgan fingerprint density at radius 2 is 1.85 bits per heavy atom. The summed E-state index contributed by atoms with van der Waals surface area (Å²) in [5, 5.41) is 2.42. The first-order valence-corrected chi connectivity index (χ1v) is 11.6. The highest BCUT2D eigenvalue weighted by Crippen LogP contribution is 2.25. The third kappa shape index (κ3) is 5.21. The molecule has 1 aliphatic heterocycles. The number of esters is 1. The number of ether oxygens (including phenoxy) is 2. The van der Waals surface area contributed by atoms with Gasteiger partial charge in [-0.2, -0.15) is 0 Å². The van der Waals surface area contributed by atoms with Gasteiger partial charge in [-0.3, -0.25) is 14.3 Å². The van der Waals surface area contributed by atoms with Gasteiger partial charge in [0.05, 0.1) is 16.6 Å². The smallest absolute Gasteiger partial charge is 0.338 e. The van der Waals surface area contributed by atoms with Gasteiger partial charge in [0.25, 0.3) is 5.91 Å². The molecule has 2 heterocycles. The summed E-state index contributed by atoms with van der Waals surface area (Å²) in [6.45, 7) is 8.33. The van der Waals surface area contributed by atoms with Crippen molar-refractivity contribution in [2.45, 2.75) is 20.1 Å². The number of carbonyl (C=O) groups is 2. The average Bonchev–Trinajstić information content (AvgIpc) is 3.30. The molecule has 0 bridgehead atoms. The van der Waals surface area contributed by atoms with Gasteiger partial charge >= 0.3 is 5.97 Å². The largest absolute Gasteiger partial charge is 0.452 e. The van der Waals surface area contributed by atoms with Gasteiger partial charge in [0, 0.05) is 51.2 Å². The number of nitrogens with zero attached hydrogens (tertiary/aromatic N) is 4. The third-order valence-corrected chi connectivity index (χ3v) is 6.11. The van der Waals surface area contributed by atoms with Crippen molar-refractivity contribution in [3.8, 4) is 5.69 Å². The van der Waals surface area contributed by atoms with E-state index in [4.69, 9.17) is 9.47 Å². The van der Waals surface area contributed by atoms with Gasteiger partial charge < -0.3 is 19.7 Å². The number of likely N-dealkylation sites (N-methyl/N-ethyl adjacent to an activating group) is 1. The number of rotatable bonds is 8. The lowest BCUT2D eigenvalue weighted by molar-refractivity contribution is -0.123. The van der Waals surface area contributed by atoms with E-state index in [1.807, 2.05) is 23.6 Å². The van der Waals surface area contributed by atoms with Crippen molar-refractivity contribution in [1.29, 1.82) is 0 Å². The highest BCUT2D eigenvalue weighted by atomic mass is 16.5. The molecule has 2 aromatic carbocycles. The number of carbonyl (C=O) groups excluding carboxylic acids is 2. The van der Waals surface area contributed by atoms with Gasteiger partial charge in [-0.1, -0.05) is 6.07 Å². The number of aromatic nitrogens is 2. The highest BCUT2D eigenvalue weighted by molar-refractivity contribution is 5.95. The Labute approximate surface area is 199 Å². The maximum Gasteiger partial charge on any atom is 0.338 e. The number of hydrogen-bond donors (Lipinski definition) is 1. The molecule has 3 aromatic rings. The van der Waals surface area contributed by atoms with Crippen LogP contribution in [0.3, 0.4) is 0 Å². The first kappa shape index (κ1) is 23.7. The van der Waals surface area contributed by atoms with Crippen LogP contribution in [-0.4, -0.2) is 79.0 Å². The van der Waals surface area contributed by atoms with E-state index in [9.17, 15) is 9.59 Å². The monoisotopic (exact) mass is 465 g/mol. The van der Waals surface area contributed by atoms with Crippen molar-refractivity contribution < 1.29 is 19.1 Å². The first-order valence-electron chi connectivity index (χ1n) is 11.6. The Balaban J connectivity index is 1.48. The molecule has 180 valence electrons. The van der Waals surface area contributed by atoms with Crippen LogP contribution < -0.4 is 10.2 Å². The Morgan fingerprint density at radius 3 is 2.59 bits per heavy atom. The minimum atomic E-state index is -0.556. The van der Waals surface area contributed by atoms with Crippen LogP contribution in [0.1, 0.15) is 24.2 Å². The molecule has 1 unspecified atom stereocenters. The Morgan fingerprint density at radius 1 is 1.09 bits per heavy atom. The van der Waals surface area contributed by atoms with Gasteiger partial charge in [0.1, 0.15) is 12.6 Å². The standard InChI is InChI=1S/C25H31N5O4/c1-4-33-18(2)28-10-12-29(13-11-28)20-6-5-7-21(15-20)30-17-27-22-14-19(8-9-23(22)30)25(32)34-16-24(31)26-3/h5-9,14-15,17-18H,4,10-13,16H2,1-3H3,(H,26,31). The molecule has 4 rings (SSSR count). The highest BCUT2D eigenvalue weighted by Gasteiger charge is 2.22. The summed E-state index contributed by atoms with van der Waals surface area (Å²) in [6.07, 6.45) is 1.90. The molecule has 1 atom stereocenters. The summed E-state index contributed by atoms with van der Waals surface area (Å²) in [7, 11) is 1.49. The number of imidazole rings is 1. The van der Waals surface area contributed by atoms with Crippen molar-refractivity contribution in [3.05, 3.63) is 54.4 Å². The van der Waals surface area contributed by atoms with Gasteiger partial charge in [-0.15, -0.1) is 0 Å². The zero-order valence-corrected chi connectivity index (χ0v) is 19.9. The molecule has 1 aromatic heterocycles. The van der Waals surface area contributed by atoms with Crippen molar-refractivity contribution >= 4 is 28.6 Å². The van der Waals surface area contributed by atoms with Crippen LogP contribution in [0.15, 0.2) is 48.8 Å². The fourth-order valence-corrected chi connectivity index (χ4v) is 4.16. The zero-order valence-electron chi connectivity index (χ0n) is 19.9. The summed E-state index contributed by atoms with van der Waals surface area (Å²) < 4.78 is 12.8. The molecule has 9 nitrogen and oxygen atoms in total. The summed E-state index contributed by atoms with van der Waals surface area (Å²) in [6, 6.07) is 13.6. The quantitative estimate of drug-likeness (QED) is 0.511. The van der Waals surface area contributed by atoms with E-state index >= 15 is 0 Å². The fourth-order valence-electron chi connectivity index (χ4n) is 4.16. The lowest BCUT2D eigenvalue weighted by Gasteiger charge is -2.38. The van der Waals surface area contributed by atoms with Crippen molar-refractivity contribution in [2.24, 2.45) is 0 Å². The number of fused-ring (bicyclic) bond motifs is 1. The summed E-state index contributed by atoms with van der Waals surface area (Å²) in [5.41, 5.74) is 4.08. The van der Waals surface area contributed by atoms with E-state index in [1.165, 1.54) is 7.05 Å². The van der Waals surface area contributed by atoms with Crippen molar-refractivity contribution in [2.75, 3.05) is 51.3 Å². The molecule has 34 heavy (non-hydrogen) atoms. The molecule has 0 aliphatic carbocycles. The summed E-state index contributed by atoms with van der Waals surface area (Å²) in [5.74, 6) is -0.913. The summed E-state index contributed by atoms with van der Waals surface area (Å²) >= 11 is 0. The second-order valence-electron chi connectivity index (χ2n) is 8.16. The molecule has 0 spiro atoms. The zero-order chi connectivity index (χ0) is 24.1. The fraction of sp³-hybridized carbons (Fsp3) is 0.400. The Kier molecular flexibility index (Phi) is 7.44. The molecule has 1 fully saturated rings. The number of nitrogens with one attached hydrogen (secondary N) is 1. The van der Waals surface area contributed by atoms with Crippen LogP contribution in [0.2, 0.25) is 0 Å². The lowest BCUT2D eigenvalue weighted by atomic mass is 10.2. The number of amides is 1. The number of piperazine rings is 1. The topological polar surface area (TPSA) is 88.9 Å². The van der Waals surface area contributed by atoms with Gasteiger partial charge in [-0.05, 0) is 50.2 Å². The van der Waals surface area contributed by atoms with Crippen LogP contribution in [0.5, 0.6) is 0 Å². The van der Waals surface area contributed by atoms with Gasteiger partial charge in [0.2, 0.25) is 0 Å². The van der Waals surface area contributed by atoms with E-state index in [-0.39, 0.29) is 18.7 Å². The van der Waals surface area contributed by atoms with E-state index in [1.54, 1.807) is 18.5 Å². The summed E-state index contributed by atoms with van der Waals surface area (Å²) in [4.78, 5) is 32.8. The van der Waals surface area contributed by atoms with Gasteiger partial charge in [0.15, 0.2) is 6.61 Å². The van der Waals surface area contributed by atoms with Crippen LogP contribution in [0, 0.1) is 0 Å². The second-order valence-corrected chi connectivity index (χ2v) is 8.16. The number of anilines is 1. The van der Waals surface area contributed by atoms with Gasteiger partial charge in [-0.25, -0.2) is 9.78 Å². The third-order valence-electron chi connectivity index (χ3n) is 6.11. The molecule has 0 saturated carbocycles. The molecule has 1 aliphatic rings. The minimum Gasteiger partial charge on any atom is -0.452 e. The first-order chi connectivity index (χ1) is 16.5. The Hall–Kier alpha value is -3.43. The average molecular weight is 466 g/mol. The van der Waals surface area contributed by atoms with Crippen LogP contribution >= 0.6 is 0 Å². The predicted molar refractivity (Wildman–Crippen MR) is 130 cm³/mol. The molecular formula is C25H31N5O4. The van der Waals surface area contributed by atoms with E-state index in [2.05, 4.69) is 45.2 Å². The van der Waals surface area contributed by atoms with E-state index in [0.29, 0.717) is 11.1 Å². The maximum absolute atomic E-state index is 12.3. The van der Waals surface area contributed by atoms with Crippen molar-refractivity contribution in [3.63, 3.8) is 0 Å². The van der Waals surface area contributed by atoms with E-state index < -0.39 is 5.97 Å². The molecule has 1 amide bonds. The molecule has 1 saturated heterocycles. The second kappa shape index (κ2) is 10.7. The van der Waals surface area contributed by atoms with Crippen LogP contribution in [-0.2, 0) is 14.3 Å². The maximum atomic E-state index is 12.3. The molecular weight excluding hydrogens is 434 g/mol.